The van der Waals surface area contributed by atoms with E-state index in [4.69, 9.17) is 4.74 Å². The molecule has 6 heteroatoms. The Hall–Kier alpha value is -1.11. The summed E-state index contributed by atoms with van der Waals surface area (Å²) in [5.74, 6) is 0. The first-order chi connectivity index (χ1) is 10.1. The van der Waals surface area contributed by atoms with Gasteiger partial charge in [-0.2, -0.15) is 4.31 Å². The molecule has 0 amide bonds. The molecule has 2 fully saturated rings. The number of nitrogens with one attached hydrogen (secondary N) is 1. The molecule has 3 rings (SSSR count). The molecule has 1 aromatic carbocycles. The van der Waals surface area contributed by atoms with Crippen LogP contribution in [0.25, 0.3) is 0 Å². The van der Waals surface area contributed by atoms with E-state index in [1.165, 1.54) is 0 Å². The molecule has 1 saturated heterocycles. The molecule has 21 heavy (non-hydrogen) atoms. The third kappa shape index (κ3) is 2.80. The first-order valence-corrected chi connectivity index (χ1v) is 9.04. The van der Waals surface area contributed by atoms with E-state index in [1.807, 2.05) is 19.1 Å². The van der Waals surface area contributed by atoms with Crippen LogP contribution in [0.1, 0.15) is 26.2 Å². The topological polar surface area (TPSA) is 58.6 Å². The van der Waals surface area contributed by atoms with E-state index in [2.05, 4.69) is 5.32 Å². The predicted octanol–water partition coefficient (Wildman–Crippen LogP) is 2.06. The van der Waals surface area contributed by atoms with Gasteiger partial charge >= 0.3 is 0 Å². The number of fused-ring (bicyclic) bond motifs is 1. The minimum atomic E-state index is -3.42. The van der Waals surface area contributed by atoms with Crippen LogP contribution in [0.2, 0.25) is 0 Å². The van der Waals surface area contributed by atoms with Gasteiger partial charge in [0.1, 0.15) is 0 Å². The Labute approximate surface area is 126 Å². The SMILES string of the molecule is CCNc1ccc(S(=O)(=O)N2CCOC3CCCC32)cc1. The smallest absolute Gasteiger partial charge is 0.243 e. The molecule has 2 aliphatic rings. The molecule has 1 saturated carbocycles. The first-order valence-electron chi connectivity index (χ1n) is 7.60. The molecule has 0 aromatic heterocycles. The van der Waals surface area contributed by atoms with Crippen LogP contribution in [0.3, 0.4) is 0 Å². The molecular weight excluding hydrogens is 288 g/mol. The lowest BCUT2D eigenvalue weighted by atomic mass is 10.2. The average molecular weight is 310 g/mol. The highest BCUT2D eigenvalue weighted by Crippen LogP contribution is 2.33. The van der Waals surface area contributed by atoms with E-state index in [0.29, 0.717) is 18.0 Å². The van der Waals surface area contributed by atoms with E-state index in [-0.39, 0.29) is 12.1 Å². The Bertz CT molecular complexity index is 585. The summed E-state index contributed by atoms with van der Waals surface area (Å²) < 4.78 is 33.0. The number of anilines is 1. The quantitative estimate of drug-likeness (QED) is 0.925. The molecule has 2 atom stereocenters. The molecule has 0 bridgehead atoms. The maximum absolute atomic E-state index is 12.8. The van der Waals surface area contributed by atoms with Crippen LogP contribution in [-0.2, 0) is 14.8 Å². The highest BCUT2D eigenvalue weighted by Gasteiger charge is 2.42. The van der Waals surface area contributed by atoms with Crippen LogP contribution >= 0.6 is 0 Å². The molecular formula is C15H22N2O3S. The second kappa shape index (κ2) is 5.94. The van der Waals surface area contributed by atoms with Gasteiger partial charge in [0.05, 0.1) is 23.6 Å². The first kappa shape index (κ1) is 14.8. The molecule has 1 aliphatic carbocycles. The van der Waals surface area contributed by atoms with Gasteiger partial charge in [-0.15, -0.1) is 0 Å². The van der Waals surface area contributed by atoms with Gasteiger partial charge in [-0.1, -0.05) is 0 Å². The van der Waals surface area contributed by atoms with E-state index >= 15 is 0 Å². The van der Waals surface area contributed by atoms with Crippen molar-refractivity contribution in [1.29, 1.82) is 0 Å². The fraction of sp³-hybridized carbons (Fsp3) is 0.600. The second-order valence-corrected chi connectivity index (χ2v) is 7.47. The van der Waals surface area contributed by atoms with Gasteiger partial charge in [0, 0.05) is 18.8 Å². The summed E-state index contributed by atoms with van der Waals surface area (Å²) in [6.07, 6.45) is 2.99. The van der Waals surface area contributed by atoms with Crippen molar-refractivity contribution in [2.75, 3.05) is 25.0 Å². The summed E-state index contributed by atoms with van der Waals surface area (Å²) >= 11 is 0. The van der Waals surface area contributed by atoms with Crippen LogP contribution < -0.4 is 5.32 Å². The van der Waals surface area contributed by atoms with E-state index in [1.54, 1.807) is 16.4 Å². The fourth-order valence-electron chi connectivity index (χ4n) is 3.27. The number of benzene rings is 1. The van der Waals surface area contributed by atoms with Crippen molar-refractivity contribution in [1.82, 2.24) is 4.31 Å². The zero-order chi connectivity index (χ0) is 14.9. The third-order valence-corrected chi connectivity index (χ3v) is 6.21. The van der Waals surface area contributed by atoms with Gasteiger partial charge in [0.2, 0.25) is 10.0 Å². The standard InChI is InChI=1S/C15H22N2O3S/c1-2-16-12-6-8-13(9-7-12)21(18,19)17-10-11-20-15-5-3-4-14(15)17/h6-9,14-16H,2-5,10-11H2,1H3. The van der Waals surface area contributed by atoms with Crippen molar-refractivity contribution in [3.05, 3.63) is 24.3 Å². The van der Waals surface area contributed by atoms with Crippen LogP contribution in [-0.4, -0.2) is 44.6 Å². The van der Waals surface area contributed by atoms with Gasteiger partial charge in [0.25, 0.3) is 0 Å². The van der Waals surface area contributed by atoms with Crippen molar-refractivity contribution >= 4 is 15.7 Å². The Morgan fingerprint density at radius 2 is 2.05 bits per heavy atom. The number of morpholine rings is 1. The Morgan fingerprint density at radius 3 is 2.76 bits per heavy atom. The summed E-state index contributed by atoms with van der Waals surface area (Å²) in [5, 5.41) is 3.17. The normalized spacial score (nSPS) is 26.5. The number of nitrogens with zero attached hydrogens (tertiary/aromatic N) is 1. The molecule has 1 aliphatic heterocycles. The van der Waals surface area contributed by atoms with Crippen LogP contribution in [0.5, 0.6) is 0 Å². The highest BCUT2D eigenvalue weighted by atomic mass is 32.2. The van der Waals surface area contributed by atoms with Crippen molar-refractivity contribution in [3.8, 4) is 0 Å². The Morgan fingerprint density at radius 1 is 1.29 bits per heavy atom. The lowest BCUT2D eigenvalue weighted by molar-refractivity contribution is -0.0241. The van der Waals surface area contributed by atoms with E-state index < -0.39 is 10.0 Å². The number of sulfonamides is 1. The minimum Gasteiger partial charge on any atom is -0.385 e. The number of ether oxygens (including phenoxy) is 1. The van der Waals surface area contributed by atoms with Crippen LogP contribution in [0, 0.1) is 0 Å². The lowest BCUT2D eigenvalue weighted by Gasteiger charge is -2.36. The molecule has 1 heterocycles. The van der Waals surface area contributed by atoms with Crippen molar-refractivity contribution in [3.63, 3.8) is 0 Å². The highest BCUT2D eigenvalue weighted by molar-refractivity contribution is 7.89. The van der Waals surface area contributed by atoms with Gasteiger partial charge in [-0.05, 0) is 50.5 Å². The molecule has 5 nitrogen and oxygen atoms in total. The number of hydrogen-bond donors (Lipinski definition) is 1. The van der Waals surface area contributed by atoms with Crippen molar-refractivity contribution in [2.24, 2.45) is 0 Å². The second-order valence-electron chi connectivity index (χ2n) is 5.58. The lowest BCUT2D eigenvalue weighted by Crippen LogP contribution is -2.51. The molecule has 116 valence electrons. The van der Waals surface area contributed by atoms with Gasteiger partial charge in [-0.25, -0.2) is 8.42 Å². The Balaban J connectivity index is 1.85. The molecule has 2 unspecified atom stereocenters. The maximum Gasteiger partial charge on any atom is 0.243 e. The van der Waals surface area contributed by atoms with Gasteiger partial charge in [-0.3, -0.25) is 0 Å². The van der Waals surface area contributed by atoms with E-state index in [9.17, 15) is 8.42 Å². The van der Waals surface area contributed by atoms with Gasteiger partial charge in [0.15, 0.2) is 0 Å². The predicted molar refractivity (Wildman–Crippen MR) is 81.9 cm³/mol. The Kier molecular flexibility index (Phi) is 4.19. The zero-order valence-electron chi connectivity index (χ0n) is 12.3. The summed E-state index contributed by atoms with van der Waals surface area (Å²) in [7, 11) is -3.42. The summed E-state index contributed by atoms with van der Waals surface area (Å²) in [6.45, 7) is 3.78. The summed E-state index contributed by atoms with van der Waals surface area (Å²) in [6, 6.07) is 7.03. The molecule has 1 aromatic rings. The fourth-order valence-corrected chi connectivity index (χ4v) is 4.94. The average Bonchev–Trinajstić information content (AvgIpc) is 2.96. The molecule has 1 N–H and O–H groups in total. The summed E-state index contributed by atoms with van der Waals surface area (Å²) in [5.41, 5.74) is 0.942. The summed E-state index contributed by atoms with van der Waals surface area (Å²) in [4.78, 5) is 0.372. The molecule has 0 spiro atoms. The largest absolute Gasteiger partial charge is 0.385 e. The van der Waals surface area contributed by atoms with E-state index in [0.717, 1.165) is 31.5 Å². The van der Waals surface area contributed by atoms with Crippen molar-refractivity contribution in [2.45, 2.75) is 43.2 Å². The monoisotopic (exact) mass is 310 g/mol. The minimum absolute atomic E-state index is 0.0113. The molecule has 0 radical (unpaired) electrons. The maximum atomic E-state index is 12.8. The zero-order valence-corrected chi connectivity index (χ0v) is 13.1. The van der Waals surface area contributed by atoms with Gasteiger partial charge < -0.3 is 10.1 Å². The van der Waals surface area contributed by atoms with Crippen LogP contribution in [0.15, 0.2) is 29.2 Å². The van der Waals surface area contributed by atoms with Crippen molar-refractivity contribution < 1.29 is 13.2 Å². The van der Waals surface area contributed by atoms with Crippen LogP contribution in [0.4, 0.5) is 5.69 Å². The number of rotatable bonds is 4. The third-order valence-electron chi connectivity index (χ3n) is 4.27. The number of hydrogen-bond acceptors (Lipinski definition) is 4.